The highest BCUT2D eigenvalue weighted by atomic mass is 32.1. The third-order valence-electron chi connectivity index (χ3n) is 2.56. The number of hydrogen-bond acceptors (Lipinski definition) is 5. The van der Waals surface area contributed by atoms with Gasteiger partial charge in [-0.2, -0.15) is 0 Å². The second-order valence-corrected chi connectivity index (χ2v) is 5.29. The number of nitrogens with zero attached hydrogens (tertiary/aromatic N) is 1. The second-order valence-electron chi connectivity index (χ2n) is 4.23. The second kappa shape index (κ2) is 6.46. The highest BCUT2D eigenvalue weighted by molar-refractivity contribution is 7.17. The van der Waals surface area contributed by atoms with Crippen LogP contribution in [0.5, 0.6) is 0 Å². The lowest BCUT2D eigenvalue weighted by atomic mass is 10.0. The molecule has 0 aromatic carbocycles. The van der Waals surface area contributed by atoms with Gasteiger partial charge in [-0.25, -0.2) is 0 Å². The van der Waals surface area contributed by atoms with E-state index in [1.165, 1.54) is 12.1 Å². The van der Waals surface area contributed by atoms with Crippen molar-refractivity contribution in [3.05, 3.63) is 27.1 Å². The third kappa shape index (κ3) is 3.78. The van der Waals surface area contributed by atoms with Crippen LogP contribution in [0, 0.1) is 16.0 Å². The van der Waals surface area contributed by atoms with Crippen molar-refractivity contribution in [2.24, 2.45) is 5.92 Å². The molecule has 0 aliphatic rings. The summed E-state index contributed by atoms with van der Waals surface area (Å²) < 4.78 is 0. The summed E-state index contributed by atoms with van der Waals surface area (Å²) in [6.07, 6.45) is 0.469. The van der Waals surface area contributed by atoms with Crippen LogP contribution < -0.4 is 5.32 Å². The van der Waals surface area contributed by atoms with Gasteiger partial charge in [0.2, 0.25) is 0 Å². The molecule has 2 N–H and O–H groups in total. The Kier molecular flexibility index (Phi) is 5.24. The molecule has 7 heteroatoms. The maximum atomic E-state index is 11.9. The van der Waals surface area contributed by atoms with Gasteiger partial charge < -0.3 is 10.4 Å². The van der Waals surface area contributed by atoms with Gasteiger partial charge in [-0.1, -0.05) is 25.2 Å². The molecule has 1 heterocycles. The van der Waals surface area contributed by atoms with Gasteiger partial charge in [0.25, 0.3) is 5.91 Å². The molecule has 1 unspecified atom stereocenters. The monoisotopic (exact) mass is 272 g/mol. The summed E-state index contributed by atoms with van der Waals surface area (Å²) in [6.45, 7) is 3.88. The van der Waals surface area contributed by atoms with Gasteiger partial charge in [0.1, 0.15) is 0 Å². The first-order chi connectivity index (χ1) is 8.45. The number of aliphatic hydroxyl groups excluding tert-OH is 1. The summed E-state index contributed by atoms with van der Waals surface area (Å²) in [5.74, 6) is -0.142. The van der Waals surface area contributed by atoms with Gasteiger partial charge in [0.05, 0.1) is 9.80 Å². The molecule has 18 heavy (non-hydrogen) atoms. The smallest absolute Gasteiger partial charge is 0.324 e. The minimum Gasteiger partial charge on any atom is -0.396 e. The van der Waals surface area contributed by atoms with Gasteiger partial charge >= 0.3 is 5.00 Å². The van der Waals surface area contributed by atoms with Crippen LogP contribution in [-0.4, -0.2) is 28.6 Å². The molecular formula is C11H16N2O4S. The SMILES string of the molecule is CC(C)C(CCO)NC(=O)c1ccc([N+](=O)[O-])s1. The predicted molar refractivity (Wildman–Crippen MR) is 68.8 cm³/mol. The van der Waals surface area contributed by atoms with Crippen molar-refractivity contribution in [1.29, 1.82) is 0 Å². The van der Waals surface area contributed by atoms with E-state index >= 15 is 0 Å². The summed E-state index contributed by atoms with van der Waals surface area (Å²) in [5, 5.41) is 22.2. The number of amides is 1. The lowest BCUT2D eigenvalue weighted by Gasteiger charge is -2.20. The van der Waals surface area contributed by atoms with Gasteiger partial charge in [-0.3, -0.25) is 14.9 Å². The van der Waals surface area contributed by atoms with Crippen molar-refractivity contribution in [3.8, 4) is 0 Å². The van der Waals surface area contributed by atoms with E-state index in [9.17, 15) is 14.9 Å². The summed E-state index contributed by atoms with van der Waals surface area (Å²) in [6, 6.07) is 2.62. The first-order valence-corrected chi connectivity index (χ1v) is 6.43. The first kappa shape index (κ1) is 14.6. The molecule has 0 spiro atoms. The molecule has 0 saturated heterocycles. The van der Waals surface area contributed by atoms with Crippen LogP contribution in [0.2, 0.25) is 0 Å². The maximum Gasteiger partial charge on any atom is 0.324 e. The molecular weight excluding hydrogens is 256 g/mol. The lowest BCUT2D eigenvalue weighted by Crippen LogP contribution is -2.38. The highest BCUT2D eigenvalue weighted by Gasteiger charge is 2.20. The molecule has 6 nitrogen and oxygen atoms in total. The molecule has 1 aromatic rings. The molecule has 1 aromatic heterocycles. The Hall–Kier alpha value is -1.47. The molecule has 0 saturated carbocycles. The first-order valence-electron chi connectivity index (χ1n) is 5.61. The molecule has 0 aliphatic heterocycles. The standard InChI is InChI=1S/C11H16N2O4S/c1-7(2)8(5-6-14)12-11(15)9-3-4-10(18-9)13(16)17/h3-4,7-8,14H,5-6H2,1-2H3,(H,12,15). The van der Waals surface area contributed by atoms with E-state index in [4.69, 9.17) is 5.11 Å². The molecule has 1 rings (SSSR count). The number of carbonyl (C=O) groups excluding carboxylic acids is 1. The van der Waals surface area contributed by atoms with E-state index in [0.717, 1.165) is 11.3 Å². The van der Waals surface area contributed by atoms with Crippen LogP contribution >= 0.6 is 11.3 Å². The van der Waals surface area contributed by atoms with Crippen LogP contribution in [0.25, 0.3) is 0 Å². The Morgan fingerprint density at radius 1 is 1.56 bits per heavy atom. The maximum absolute atomic E-state index is 11.9. The minimum absolute atomic E-state index is 0.00624. The number of aliphatic hydroxyl groups is 1. The molecule has 0 fully saturated rings. The number of carbonyl (C=O) groups is 1. The van der Waals surface area contributed by atoms with Crippen LogP contribution in [0.3, 0.4) is 0 Å². The molecule has 0 aliphatic carbocycles. The van der Waals surface area contributed by atoms with E-state index in [0.29, 0.717) is 11.3 Å². The molecule has 100 valence electrons. The van der Waals surface area contributed by atoms with E-state index in [-0.39, 0.29) is 29.5 Å². The fourth-order valence-electron chi connectivity index (χ4n) is 1.50. The van der Waals surface area contributed by atoms with Crippen molar-refractivity contribution in [3.63, 3.8) is 0 Å². The fraction of sp³-hybridized carbons (Fsp3) is 0.545. The molecule has 1 atom stereocenters. The van der Waals surface area contributed by atoms with Crippen molar-refractivity contribution >= 4 is 22.2 Å². The Morgan fingerprint density at radius 2 is 2.22 bits per heavy atom. The minimum atomic E-state index is -0.519. The Bertz CT molecular complexity index is 430. The summed E-state index contributed by atoms with van der Waals surface area (Å²) in [5.41, 5.74) is 0. The zero-order chi connectivity index (χ0) is 13.7. The summed E-state index contributed by atoms with van der Waals surface area (Å²) in [7, 11) is 0. The quantitative estimate of drug-likeness (QED) is 0.610. The average Bonchev–Trinajstić information content (AvgIpc) is 2.77. The molecule has 0 radical (unpaired) electrons. The van der Waals surface area contributed by atoms with Crippen LogP contribution in [0.4, 0.5) is 5.00 Å². The van der Waals surface area contributed by atoms with Crippen molar-refractivity contribution in [2.75, 3.05) is 6.61 Å². The van der Waals surface area contributed by atoms with Gasteiger partial charge in [0.15, 0.2) is 0 Å². The number of rotatable bonds is 6. The zero-order valence-electron chi connectivity index (χ0n) is 10.3. The Labute approximate surface area is 109 Å². The third-order valence-corrected chi connectivity index (χ3v) is 3.59. The average molecular weight is 272 g/mol. The van der Waals surface area contributed by atoms with Crippen LogP contribution in [-0.2, 0) is 0 Å². The van der Waals surface area contributed by atoms with E-state index < -0.39 is 4.92 Å². The van der Waals surface area contributed by atoms with E-state index in [2.05, 4.69) is 5.32 Å². The normalized spacial score (nSPS) is 12.4. The molecule has 1 amide bonds. The predicted octanol–water partition coefficient (Wildman–Crippen LogP) is 1.79. The lowest BCUT2D eigenvalue weighted by molar-refractivity contribution is -0.380. The Morgan fingerprint density at radius 3 is 2.67 bits per heavy atom. The van der Waals surface area contributed by atoms with E-state index in [1.54, 1.807) is 0 Å². The molecule has 0 bridgehead atoms. The zero-order valence-corrected chi connectivity index (χ0v) is 11.1. The number of nitro groups is 1. The number of nitrogens with one attached hydrogen (secondary N) is 1. The fourth-order valence-corrected chi connectivity index (χ4v) is 2.22. The van der Waals surface area contributed by atoms with Crippen LogP contribution in [0.15, 0.2) is 12.1 Å². The summed E-state index contributed by atoms with van der Waals surface area (Å²) >= 11 is 0.847. The Balaban J connectivity index is 2.71. The highest BCUT2D eigenvalue weighted by Crippen LogP contribution is 2.24. The van der Waals surface area contributed by atoms with Crippen molar-refractivity contribution in [2.45, 2.75) is 26.3 Å². The summed E-state index contributed by atoms with van der Waals surface area (Å²) in [4.78, 5) is 22.2. The van der Waals surface area contributed by atoms with Gasteiger partial charge in [-0.15, -0.1) is 0 Å². The topological polar surface area (TPSA) is 92.5 Å². The van der Waals surface area contributed by atoms with Gasteiger partial charge in [0, 0.05) is 18.7 Å². The van der Waals surface area contributed by atoms with Crippen LogP contribution in [0.1, 0.15) is 29.9 Å². The van der Waals surface area contributed by atoms with E-state index in [1.807, 2.05) is 13.8 Å². The largest absolute Gasteiger partial charge is 0.396 e. The number of thiophene rings is 1. The number of hydrogen-bond donors (Lipinski definition) is 2. The van der Waals surface area contributed by atoms with Crippen molar-refractivity contribution in [1.82, 2.24) is 5.32 Å². The van der Waals surface area contributed by atoms with Gasteiger partial charge in [-0.05, 0) is 18.4 Å². The van der Waals surface area contributed by atoms with Crippen molar-refractivity contribution < 1.29 is 14.8 Å².